The van der Waals surface area contributed by atoms with Crippen LogP contribution in [-0.4, -0.2) is 33.4 Å². The predicted octanol–water partition coefficient (Wildman–Crippen LogP) is 1.80. The minimum absolute atomic E-state index is 0.0813. The number of amides is 1. The maximum absolute atomic E-state index is 12.4. The summed E-state index contributed by atoms with van der Waals surface area (Å²) in [5.74, 6) is 5.58. The first-order chi connectivity index (χ1) is 9.10. The zero-order valence-corrected chi connectivity index (χ0v) is 11.9. The summed E-state index contributed by atoms with van der Waals surface area (Å²) in [5.41, 5.74) is 2.74. The van der Waals surface area contributed by atoms with E-state index in [0.29, 0.717) is 11.5 Å². The molecule has 0 unspecified atom stereocenters. The van der Waals surface area contributed by atoms with E-state index in [2.05, 4.69) is 22.3 Å². The summed E-state index contributed by atoms with van der Waals surface area (Å²) >= 11 is 0. The molecule has 3 N–H and O–H groups in total. The molecule has 0 aliphatic carbocycles. The van der Waals surface area contributed by atoms with Crippen LogP contribution in [0.25, 0.3) is 0 Å². The Hall–Kier alpha value is -1.69. The van der Waals surface area contributed by atoms with Crippen molar-refractivity contribution in [3.8, 4) is 0 Å². The zero-order valence-electron chi connectivity index (χ0n) is 11.9. The fraction of sp³-hybridized carbons (Fsp3) is 0.615. The molecular formula is C13H23N5O. The number of hydrazine groups is 1. The van der Waals surface area contributed by atoms with Gasteiger partial charge in [0, 0.05) is 12.6 Å². The number of unbranched alkanes of at least 4 members (excludes halogenated alkanes) is 2. The first-order valence-electron chi connectivity index (χ1n) is 6.69. The van der Waals surface area contributed by atoms with Crippen LogP contribution in [0.5, 0.6) is 0 Å². The van der Waals surface area contributed by atoms with Crippen molar-refractivity contribution < 1.29 is 4.79 Å². The van der Waals surface area contributed by atoms with Crippen molar-refractivity contribution in [1.82, 2.24) is 14.9 Å². The molecule has 1 aromatic rings. The van der Waals surface area contributed by atoms with Crippen LogP contribution in [0.2, 0.25) is 0 Å². The maximum atomic E-state index is 12.4. The van der Waals surface area contributed by atoms with E-state index in [1.54, 1.807) is 0 Å². The molecule has 1 heterocycles. The van der Waals surface area contributed by atoms with Crippen LogP contribution in [-0.2, 0) is 0 Å². The van der Waals surface area contributed by atoms with E-state index in [1.807, 2.05) is 18.7 Å². The second-order valence-corrected chi connectivity index (χ2v) is 4.73. The highest BCUT2D eigenvalue weighted by Crippen LogP contribution is 2.09. The second kappa shape index (κ2) is 7.68. The van der Waals surface area contributed by atoms with Crippen LogP contribution in [0, 0.1) is 0 Å². The molecule has 0 bridgehead atoms. The Morgan fingerprint density at radius 2 is 2.11 bits per heavy atom. The lowest BCUT2D eigenvalue weighted by atomic mass is 10.2. The molecule has 0 spiro atoms. The Labute approximate surface area is 114 Å². The number of hydrogen-bond donors (Lipinski definition) is 2. The average molecular weight is 265 g/mol. The molecule has 1 rings (SSSR count). The highest BCUT2D eigenvalue weighted by atomic mass is 16.2. The van der Waals surface area contributed by atoms with Gasteiger partial charge in [-0.1, -0.05) is 19.8 Å². The number of hydrogen-bond acceptors (Lipinski definition) is 5. The van der Waals surface area contributed by atoms with Crippen molar-refractivity contribution in [3.05, 3.63) is 18.1 Å². The molecule has 6 heteroatoms. The third-order valence-corrected chi connectivity index (χ3v) is 2.91. The van der Waals surface area contributed by atoms with E-state index in [-0.39, 0.29) is 11.9 Å². The van der Waals surface area contributed by atoms with E-state index in [0.717, 1.165) is 25.8 Å². The molecule has 0 aromatic carbocycles. The van der Waals surface area contributed by atoms with Gasteiger partial charge in [-0.05, 0) is 20.3 Å². The van der Waals surface area contributed by atoms with Gasteiger partial charge in [-0.25, -0.2) is 15.8 Å². The molecule has 0 saturated heterocycles. The van der Waals surface area contributed by atoms with Gasteiger partial charge in [0.2, 0.25) is 0 Å². The Kier molecular flexibility index (Phi) is 6.21. The number of nitrogens with one attached hydrogen (secondary N) is 1. The summed E-state index contributed by atoms with van der Waals surface area (Å²) in [4.78, 5) is 22.3. The summed E-state index contributed by atoms with van der Waals surface area (Å²) in [7, 11) is 0. The SMILES string of the molecule is CCCCCN(C(=O)c1cnc(NN)cn1)C(C)C. The quantitative estimate of drug-likeness (QED) is 0.446. The molecule has 0 atom stereocenters. The van der Waals surface area contributed by atoms with Gasteiger partial charge in [-0.3, -0.25) is 4.79 Å². The third-order valence-electron chi connectivity index (χ3n) is 2.91. The molecule has 0 radical (unpaired) electrons. The Morgan fingerprint density at radius 3 is 2.58 bits per heavy atom. The van der Waals surface area contributed by atoms with E-state index >= 15 is 0 Å². The van der Waals surface area contributed by atoms with Gasteiger partial charge in [-0.15, -0.1) is 0 Å². The fourth-order valence-corrected chi connectivity index (χ4v) is 1.79. The van der Waals surface area contributed by atoms with Gasteiger partial charge in [0.05, 0.1) is 12.4 Å². The molecule has 0 aliphatic heterocycles. The monoisotopic (exact) mass is 265 g/mol. The van der Waals surface area contributed by atoms with E-state index < -0.39 is 0 Å². The van der Waals surface area contributed by atoms with Crippen molar-refractivity contribution in [1.29, 1.82) is 0 Å². The molecule has 1 amide bonds. The molecule has 0 fully saturated rings. The molecule has 19 heavy (non-hydrogen) atoms. The van der Waals surface area contributed by atoms with Crippen molar-refractivity contribution in [3.63, 3.8) is 0 Å². The third kappa shape index (κ3) is 4.48. The van der Waals surface area contributed by atoms with Gasteiger partial charge in [-0.2, -0.15) is 0 Å². The lowest BCUT2D eigenvalue weighted by Crippen LogP contribution is -2.38. The number of nitrogens with two attached hydrogens (primary N) is 1. The van der Waals surface area contributed by atoms with Gasteiger partial charge < -0.3 is 10.3 Å². The number of rotatable bonds is 7. The molecular weight excluding hydrogens is 242 g/mol. The smallest absolute Gasteiger partial charge is 0.274 e. The summed E-state index contributed by atoms with van der Waals surface area (Å²) in [6, 6.07) is 0.151. The standard InChI is InChI=1S/C13H23N5O/c1-4-5-6-7-18(10(2)3)13(19)11-8-16-12(17-14)9-15-11/h8-10H,4-7,14H2,1-3H3,(H,16,17). The Bertz CT molecular complexity index is 391. The molecule has 0 saturated carbocycles. The van der Waals surface area contributed by atoms with Crippen LogP contribution in [0.15, 0.2) is 12.4 Å². The number of nitrogen functional groups attached to an aromatic ring is 1. The summed E-state index contributed by atoms with van der Waals surface area (Å²) in [6.45, 7) is 6.91. The number of nitrogens with zero attached hydrogens (tertiary/aromatic N) is 3. The minimum Gasteiger partial charge on any atom is -0.335 e. The first-order valence-corrected chi connectivity index (χ1v) is 6.69. The lowest BCUT2D eigenvalue weighted by Gasteiger charge is -2.26. The highest BCUT2D eigenvalue weighted by molar-refractivity contribution is 5.92. The normalized spacial score (nSPS) is 10.6. The van der Waals surface area contributed by atoms with Gasteiger partial charge in [0.15, 0.2) is 5.82 Å². The van der Waals surface area contributed by atoms with Crippen LogP contribution in [0.4, 0.5) is 5.82 Å². The maximum Gasteiger partial charge on any atom is 0.274 e. The van der Waals surface area contributed by atoms with E-state index in [1.165, 1.54) is 12.4 Å². The van der Waals surface area contributed by atoms with Crippen LogP contribution >= 0.6 is 0 Å². The number of carbonyl (C=O) groups excluding carboxylic acids is 1. The van der Waals surface area contributed by atoms with Gasteiger partial charge in [0.25, 0.3) is 5.91 Å². The summed E-state index contributed by atoms with van der Waals surface area (Å²) in [5, 5.41) is 0. The Morgan fingerprint density at radius 1 is 1.37 bits per heavy atom. The predicted molar refractivity (Wildman–Crippen MR) is 75.5 cm³/mol. The average Bonchev–Trinajstić information content (AvgIpc) is 2.42. The van der Waals surface area contributed by atoms with Crippen molar-refractivity contribution in [2.75, 3.05) is 12.0 Å². The number of anilines is 1. The summed E-state index contributed by atoms with van der Waals surface area (Å²) < 4.78 is 0. The topological polar surface area (TPSA) is 84.1 Å². The van der Waals surface area contributed by atoms with Crippen molar-refractivity contribution in [2.24, 2.45) is 5.84 Å². The van der Waals surface area contributed by atoms with Gasteiger partial charge >= 0.3 is 0 Å². The van der Waals surface area contributed by atoms with Crippen molar-refractivity contribution >= 4 is 11.7 Å². The first kappa shape index (κ1) is 15.4. The molecule has 0 aliphatic rings. The number of carbonyl (C=O) groups is 1. The van der Waals surface area contributed by atoms with Gasteiger partial charge in [0.1, 0.15) is 5.69 Å². The fourth-order valence-electron chi connectivity index (χ4n) is 1.79. The molecule has 1 aromatic heterocycles. The van der Waals surface area contributed by atoms with E-state index in [9.17, 15) is 4.79 Å². The lowest BCUT2D eigenvalue weighted by molar-refractivity contribution is 0.0696. The largest absolute Gasteiger partial charge is 0.335 e. The molecule has 6 nitrogen and oxygen atoms in total. The number of aromatic nitrogens is 2. The Balaban J connectivity index is 2.74. The highest BCUT2D eigenvalue weighted by Gasteiger charge is 2.19. The van der Waals surface area contributed by atoms with Crippen LogP contribution in [0.1, 0.15) is 50.5 Å². The zero-order chi connectivity index (χ0) is 14.3. The van der Waals surface area contributed by atoms with E-state index in [4.69, 9.17) is 5.84 Å². The minimum atomic E-state index is -0.0813. The van der Waals surface area contributed by atoms with Crippen LogP contribution < -0.4 is 11.3 Å². The molecule has 106 valence electrons. The van der Waals surface area contributed by atoms with Crippen LogP contribution in [0.3, 0.4) is 0 Å². The van der Waals surface area contributed by atoms with Crippen molar-refractivity contribution in [2.45, 2.75) is 46.1 Å². The second-order valence-electron chi connectivity index (χ2n) is 4.73. The summed E-state index contributed by atoms with van der Waals surface area (Å²) in [6.07, 6.45) is 6.18.